The second kappa shape index (κ2) is 8.32. The highest BCUT2D eigenvalue weighted by Crippen LogP contribution is 2.23. The van der Waals surface area contributed by atoms with Crippen molar-refractivity contribution in [2.75, 3.05) is 37.6 Å². The molecule has 1 aliphatic heterocycles. The molecule has 1 aromatic heterocycles. The predicted octanol–water partition coefficient (Wildman–Crippen LogP) is 1.91. The molecule has 0 radical (unpaired) electrons. The zero-order valence-electron chi connectivity index (χ0n) is 15.1. The highest BCUT2D eigenvalue weighted by Gasteiger charge is 2.28. The van der Waals surface area contributed by atoms with Crippen molar-refractivity contribution in [1.82, 2.24) is 14.8 Å². The molecule has 1 saturated carbocycles. The number of amides is 2. The third-order valence-electron chi connectivity index (χ3n) is 5.33. The first kappa shape index (κ1) is 17.7. The Labute approximate surface area is 149 Å². The van der Waals surface area contributed by atoms with Crippen molar-refractivity contribution in [2.45, 2.75) is 45.1 Å². The molecule has 2 heterocycles. The zero-order chi connectivity index (χ0) is 17.6. The third kappa shape index (κ3) is 4.50. The summed E-state index contributed by atoms with van der Waals surface area (Å²) in [5.41, 5.74) is 0. The van der Waals surface area contributed by atoms with Crippen molar-refractivity contribution < 1.29 is 9.59 Å². The Kier molecular flexibility index (Phi) is 5.89. The van der Waals surface area contributed by atoms with Gasteiger partial charge < -0.3 is 14.7 Å². The molecule has 0 aromatic carbocycles. The number of piperazine rings is 1. The van der Waals surface area contributed by atoms with Gasteiger partial charge in [-0.25, -0.2) is 4.98 Å². The molecule has 1 saturated heterocycles. The maximum absolute atomic E-state index is 12.7. The minimum atomic E-state index is 0.0207. The highest BCUT2D eigenvalue weighted by molar-refractivity contribution is 5.84. The molecule has 2 aliphatic rings. The Morgan fingerprint density at radius 2 is 1.84 bits per heavy atom. The van der Waals surface area contributed by atoms with Gasteiger partial charge in [-0.2, -0.15) is 0 Å². The highest BCUT2D eigenvalue weighted by atomic mass is 16.2. The van der Waals surface area contributed by atoms with E-state index in [1.54, 1.807) is 18.0 Å². The lowest BCUT2D eigenvalue weighted by Crippen LogP contribution is -2.53. The van der Waals surface area contributed by atoms with Crippen molar-refractivity contribution in [1.29, 1.82) is 0 Å². The fourth-order valence-corrected chi connectivity index (χ4v) is 3.86. The molecule has 136 valence electrons. The number of rotatable bonds is 4. The molecule has 0 atom stereocenters. The van der Waals surface area contributed by atoms with E-state index in [-0.39, 0.29) is 24.4 Å². The van der Waals surface area contributed by atoms with Crippen LogP contribution in [0.15, 0.2) is 24.4 Å². The lowest BCUT2D eigenvalue weighted by atomic mass is 9.94. The minimum Gasteiger partial charge on any atom is -0.353 e. The summed E-state index contributed by atoms with van der Waals surface area (Å²) < 4.78 is 0. The van der Waals surface area contributed by atoms with E-state index < -0.39 is 0 Å². The second-order valence-corrected chi connectivity index (χ2v) is 6.99. The molecular weight excluding hydrogens is 316 g/mol. The number of carbonyl (C=O) groups excluding carboxylic acids is 2. The van der Waals surface area contributed by atoms with E-state index in [1.165, 1.54) is 6.42 Å². The molecule has 6 nitrogen and oxygen atoms in total. The monoisotopic (exact) mass is 344 g/mol. The number of aromatic nitrogens is 1. The van der Waals surface area contributed by atoms with Crippen LogP contribution in [0.4, 0.5) is 5.82 Å². The lowest BCUT2D eigenvalue weighted by molar-refractivity contribution is -0.142. The molecule has 6 heteroatoms. The van der Waals surface area contributed by atoms with Crippen LogP contribution in [0.3, 0.4) is 0 Å². The smallest absolute Gasteiger partial charge is 0.242 e. The number of nitrogens with zero attached hydrogens (tertiary/aromatic N) is 4. The van der Waals surface area contributed by atoms with E-state index in [1.807, 2.05) is 23.1 Å². The first-order valence-corrected chi connectivity index (χ1v) is 9.36. The molecule has 25 heavy (non-hydrogen) atoms. The van der Waals surface area contributed by atoms with Crippen molar-refractivity contribution in [3.05, 3.63) is 24.4 Å². The molecule has 0 bridgehead atoms. The number of hydrogen-bond donors (Lipinski definition) is 0. The quantitative estimate of drug-likeness (QED) is 0.837. The molecule has 0 unspecified atom stereocenters. The third-order valence-corrected chi connectivity index (χ3v) is 5.33. The van der Waals surface area contributed by atoms with Crippen LogP contribution in [-0.4, -0.2) is 65.4 Å². The standard InChI is InChI=1S/C19H28N4O2/c1-16(24)23(17-7-3-2-4-8-17)15-19(25)22-13-11-21(12-14-22)18-9-5-6-10-20-18/h5-6,9-10,17H,2-4,7-8,11-15H2,1H3. The molecule has 2 fully saturated rings. The van der Waals surface area contributed by atoms with Gasteiger partial charge in [0, 0.05) is 45.3 Å². The molecule has 1 aliphatic carbocycles. The maximum atomic E-state index is 12.7. The van der Waals surface area contributed by atoms with Crippen molar-refractivity contribution >= 4 is 17.6 Å². The topological polar surface area (TPSA) is 56.8 Å². The van der Waals surface area contributed by atoms with E-state index in [9.17, 15) is 9.59 Å². The van der Waals surface area contributed by atoms with Gasteiger partial charge in [0.1, 0.15) is 5.82 Å². The molecule has 0 spiro atoms. The Morgan fingerprint density at radius 3 is 2.44 bits per heavy atom. The largest absolute Gasteiger partial charge is 0.353 e. The Balaban J connectivity index is 1.53. The summed E-state index contributed by atoms with van der Waals surface area (Å²) in [6.07, 6.45) is 7.41. The van der Waals surface area contributed by atoms with Gasteiger partial charge in [-0.15, -0.1) is 0 Å². The summed E-state index contributed by atoms with van der Waals surface area (Å²) in [6.45, 7) is 4.75. The minimum absolute atomic E-state index is 0.0207. The van der Waals surface area contributed by atoms with Crippen LogP contribution in [0.5, 0.6) is 0 Å². The molecule has 2 amide bonds. The van der Waals surface area contributed by atoms with E-state index in [0.717, 1.165) is 44.6 Å². The van der Waals surface area contributed by atoms with E-state index in [4.69, 9.17) is 0 Å². The predicted molar refractivity (Wildman–Crippen MR) is 97.3 cm³/mol. The summed E-state index contributed by atoms with van der Waals surface area (Å²) in [4.78, 5) is 35.0. The molecular formula is C19H28N4O2. The average molecular weight is 344 g/mol. The van der Waals surface area contributed by atoms with Crippen LogP contribution in [0, 0.1) is 0 Å². The van der Waals surface area contributed by atoms with Crippen LogP contribution >= 0.6 is 0 Å². The number of hydrogen-bond acceptors (Lipinski definition) is 4. The van der Waals surface area contributed by atoms with E-state index in [0.29, 0.717) is 13.1 Å². The van der Waals surface area contributed by atoms with Gasteiger partial charge in [-0.1, -0.05) is 25.3 Å². The van der Waals surface area contributed by atoms with Crippen molar-refractivity contribution in [2.24, 2.45) is 0 Å². The fraction of sp³-hybridized carbons (Fsp3) is 0.632. The molecule has 3 rings (SSSR count). The van der Waals surface area contributed by atoms with Crippen LogP contribution < -0.4 is 4.90 Å². The number of carbonyl (C=O) groups is 2. The van der Waals surface area contributed by atoms with Crippen LogP contribution in [0.2, 0.25) is 0 Å². The summed E-state index contributed by atoms with van der Waals surface area (Å²) in [5, 5.41) is 0. The van der Waals surface area contributed by atoms with Crippen LogP contribution in [-0.2, 0) is 9.59 Å². The van der Waals surface area contributed by atoms with Gasteiger partial charge in [-0.3, -0.25) is 9.59 Å². The second-order valence-electron chi connectivity index (χ2n) is 6.99. The van der Waals surface area contributed by atoms with Gasteiger partial charge in [0.2, 0.25) is 11.8 Å². The van der Waals surface area contributed by atoms with Gasteiger partial charge in [0.25, 0.3) is 0 Å². The van der Waals surface area contributed by atoms with Gasteiger partial charge in [-0.05, 0) is 25.0 Å². The zero-order valence-corrected chi connectivity index (χ0v) is 15.1. The normalized spacial score (nSPS) is 18.9. The Morgan fingerprint density at radius 1 is 1.12 bits per heavy atom. The van der Waals surface area contributed by atoms with E-state index >= 15 is 0 Å². The summed E-state index contributed by atoms with van der Waals surface area (Å²) in [6, 6.07) is 6.13. The Bertz CT molecular complexity index is 578. The first-order valence-electron chi connectivity index (χ1n) is 9.36. The van der Waals surface area contributed by atoms with Crippen molar-refractivity contribution in [3.8, 4) is 0 Å². The SMILES string of the molecule is CC(=O)N(CC(=O)N1CCN(c2ccccn2)CC1)C1CCCCC1. The lowest BCUT2D eigenvalue weighted by Gasteiger charge is -2.38. The number of anilines is 1. The first-order chi connectivity index (χ1) is 12.1. The average Bonchev–Trinajstić information content (AvgIpc) is 2.67. The van der Waals surface area contributed by atoms with Gasteiger partial charge >= 0.3 is 0 Å². The van der Waals surface area contributed by atoms with Gasteiger partial charge in [0.15, 0.2) is 0 Å². The van der Waals surface area contributed by atoms with E-state index in [2.05, 4.69) is 9.88 Å². The fourth-order valence-electron chi connectivity index (χ4n) is 3.86. The summed E-state index contributed by atoms with van der Waals surface area (Å²) in [5.74, 6) is 1.05. The summed E-state index contributed by atoms with van der Waals surface area (Å²) >= 11 is 0. The van der Waals surface area contributed by atoms with Crippen LogP contribution in [0.1, 0.15) is 39.0 Å². The van der Waals surface area contributed by atoms with Gasteiger partial charge in [0.05, 0.1) is 6.54 Å². The maximum Gasteiger partial charge on any atom is 0.242 e. The van der Waals surface area contributed by atoms with Crippen LogP contribution in [0.25, 0.3) is 0 Å². The Hall–Kier alpha value is -2.11. The summed E-state index contributed by atoms with van der Waals surface area (Å²) in [7, 11) is 0. The number of pyridine rings is 1. The molecule has 1 aromatic rings. The van der Waals surface area contributed by atoms with Crippen molar-refractivity contribution in [3.63, 3.8) is 0 Å². The molecule has 0 N–H and O–H groups in total.